The van der Waals surface area contributed by atoms with Gasteiger partial charge in [-0.3, -0.25) is 0 Å². The summed E-state index contributed by atoms with van der Waals surface area (Å²) in [4.78, 5) is 13.2. The molecule has 0 unspecified atom stereocenters. The van der Waals surface area contributed by atoms with Crippen molar-refractivity contribution in [1.29, 1.82) is 0 Å². The highest BCUT2D eigenvalue weighted by molar-refractivity contribution is 7.00. The Labute approximate surface area is 245 Å². The molecule has 0 bridgehead atoms. The molecule has 0 radical (unpaired) electrons. The van der Waals surface area contributed by atoms with Crippen molar-refractivity contribution in [3.63, 3.8) is 0 Å². The van der Waals surface area contributed by atoms with Gasteiger partial charge >= 0.3 is 5.97 Å². The first-order chi connectivity index (χ1) is 20.5. The van der Waals surface area contributed by atoms with Gasteiger partial charge in [-0.15, -0.1) is 0 Å². The van der Waals surface area contributed by atoms with Gasteiger partial charge in [0.2, 0.25) is 0 Å². The SMILES string of the molecule is COc1ccc(N(c2ccc(OC)cc2)c2ccc(-c3ccc(-c4ccc(C(=O)O)cc4)c4nsnc34)c(F)c2)cc1. The standard InChI is InChI=1S/C33H24FN3O4S/c1-40-25-12-7-22(8-13-25)37(23-9-14-26(41-2)15-10-23)24-11-16-28(30(34)19-24)29-18-17-27(31-32(29)36-42-35-31)20-3-5-21(6-4-20)33(38)39/h3-19H,1-2H3,(H,38,39). The molecule has 7 nitrogen and oxygen atoms in total. The molecule has 9 heteroatoms. The van der Waals surface area contributed by atoms with Crippen molar-refractivity contribution in [3.8, 4) is 33.8 Å². The Bertz CT molecular complexity index is 1840. The number of nitrogens with zero attached hydrogens (tertiary/aromatic N) is 3. The maximum Gasteiger partial charge on any atom is 0.335 e. The average Bonchev–Trinajstić information content (AvgIpc) is 3.52. The average molecular weight is 578 g/mol. The third-order valence-corrected chi connectivity index (χ3v) is 7.55. The molecule has 1 aromatic heterocycles. The number of anilines is 3. The van der Waals surface area contributed by atoms with E-state index in [4.69, 9.17) is 9.47 Å². The summed E-state index contributed by atoms with van der Waals surface area (Å²) >= 11 is 1.05. The van der Waals surface area contributed by atoms with E-state index in [0.717, 1.165) is 45.7 Å². The smallest absolute Gasteiger partial charge is 0.335 e. The van der Waals surface area contributed by atoms with Crippen molar-refractivity contribution in [1.82, 2.24) is 8.75 Å². The largest absolute Gasteiger partial charge is 0.497 e. The van der Waals surface area contributed by atoms with E-state index in [1.165, 1.54) is 6.07 Å². The Morgan fingerprint density at radius 1 is 0.690 bits per heavy atom. The second kappa shape index (κ2) is 11.3. The number of ether oxygens (including phenoxy) is 2. The fourth-order valence-corrected chi connectivity index (χ4v) is 5.45. The third-order valence-electron chi connectivity index (χ3n) is 7.02. The molecule has 0 spiro atoms. The number of hydrogen-bond acceptors (Lipinski definition) is 7. The summed E-state index contributed by atoms with van der Waals surface area (Å²) in [7, 11) is 3.22. The number of rotatable bonds is 8. The number of aromatic carboxylic acids is 1. The van der Waals surface area contributed by atoms with Crippen LogP contribution >= 0.6 is 11.7 Å². The predicted molar refractivity (Wildman–Crippen MR) is 163 cm³/mol. The van der Waals surface area contributed by atoms with Crippen LogP contribution in [-0.2, 0) is 0 Å². The van der Waals surface area contributed by atoms with Crippen LogP contribution in [0.3, 0.4) is 0 Å². The second-order valence-corrected chi connectivity index (χ2v) is 9.93. The maximum absolute atomic E-state index is 16.0. The van der Waals surface area contributed by atoms with Crippen LogP contribution in [0.25, 0.3) is 33.3 Å². The van der Waals surface area contributed by atoms with E-state index >= 15 is 4.39 Å². The number of carboxylic acid groups (broad SMARTS) is 1. The number of benzene rings is 5. The summed E-state index contributed by atoms with van der Waals surface area (Å²) in [5, 5.41) is 9.23. The first kappa shape index (κ1) is 26.9. The minimum absolute atomic E-state index is 0.198. The van der Waals surface area contributed by atoms with Gasteiger partial charge in [-0.2, -0.15) is 8.75 Å². The van der Waals surface area contributed by atoms with Crippen molar-refractivity contribution < 1.29 is 23.8 Å². The van der Waals surface area contributed by atoms with Gasteiger partial charge in [0, 0.05) is 33.8 Å². The number of fused-ring (bicyclic) bond motifs is 1. The van der Waals surface area contributed by atoms with E-state index in [-0.39, 0.29) is 5.56 Å². The molecule has 1 heterocycles. The highest BCUT2D eigenvalue weighted by Crippen LogP contribution is 2.40. The normalized spacial score (nSPS) is 10.9. The second-order valence-electron chi connectivity index (χ2n) is 9.40. The summed E-state index contributed by atoms with van der Waals surface area (Å²) in [6.07, 6.45) is 0. The van der Waals surface area contributed by atoms with Gasteiger partial charge in [-0.1, -0.05) is 24.3 Å². The Morgan fingerprint density at radius 2 is 1.19 bits per heavy atom. The van der Waals surface area contributed by atoms with Crippen molar-refractivity contribution >= 4 is 45.8 Å². The number of carbonyl (C=O) groups is 1. The molecule has 5 aromatic carbocycles. The summed E-state index contributed by atoms with van der Waals surface area (Å²) in [6, 6.07) is 30.5. The lowest BCUT2D eigenvalue weighted by molar-refractivity contribution is 0.0697. The van der Waals surface area contributed by atoms with Crippen molar-refractivity contribution in [2.24, 2.45) is 0 Å². The van der Waals surface area contributed by atoms with E-state index in [9.17, 15) is 9.90 Å². The number of methoxy groups -OCH3 is 2. The zero-order valence-electron chi connectivity index (χ0n) is 22.6. The van der Waals surface area contributed by atoms with Crippen LogP contribution in [0, 0.1) is 5.82 Å². The molecular formula is C33H24FN3O4S. The van der Waals surface area contributed by atoms with E-state index in [1.54, 1.807) is 44.6 Å². The van der Waals surface area contributed by atoms with Crippen molar-refractivity contribution in [2.75, 3.05) is 19.1 Å². The monoisotopic (exact) mass is 577 g/mol. The van der Waals surface area contributed by atoms with Gasteiger partial charge in [0.15, 0.2) is 0 Å². The summed E-state index contributed by atoms with van der Waals surface area (Å²) < 4.78 is 35.6. The van der Waals surface area contributed by atoms with Gasteiger partial charge in [-0.25, -0.2) is 9.18 Å². The van der Waals surface area contributed by atoms with Crippen LogP contribution in [0.5, 0.6) is 11.5 Å². The molecule has 6 rings (SSSR count). The van der Waals surface area contributed by atoms with Gasteiger partial charge in [0.05, 0.1) is 31.5 Å². The van der Waals surface area contributed by atoms with E-state index in [1.807, 2.05) is 71.6 Å². The molecule has 42 heavy (non-hydrogen) atoms. The van der Waals surface area contributed by atoms with Crippen molar-refractivity contribution in [2.45, 2.75) is 0 Å². The lowest BCUT2D eigenvalue weighted by Crippen LogP contribution is -2.10. The summed E-state index contributed by atoms with van der Waals surface area (Å²) in [5.74, 6) is 0.0375. The van der Waals surface area contributed by atoms with Crippen LogP contribution in [-0.4, -0.2) is 34.0 Å². The fraction of sp³-hybridized carbons (Fsp3) is 0.0606. The van der Waals surface area contributed by atoms with Gasteiger partial charge in [-0.05, 0) is 84.4 Å². The maximum atomic E-state index is 16.0. The van der Waals surface area contributed by atoms with Crippen LogP contribution in [0.15, 0.2) is 103 Å². The van der Waals surface area contributed by atoms with E-state index < -0.39 is 11.8 Å². The first-order valence-electron chi connectivity index (χ1n) is 12.9. The van der Waals surface area contributed by atoms with Gasteiger partial charge in [0.1, 0.15) is 28.3 Å². The predicted octanol–water partition coefficient (Wildman–Crippen LogP) is 8.35. The molecule has 0 amide bonds. The molecule has 0 aliphatic carbocycles. The fourth-order valence-electron chi connectivity index (χ4n) is 4.88. The number of hydrogen-bond donors (Lipinski definition) is 1. The molecule has 208 valence electrons. The molecule has 6 aromatic rings. The Kier molecular flexibility index (Phi) is 7.24. The van der Waals surface area contributed by atoms with Crippen LogP contribution in [0.4, 0.5) is 21.5 Å². The Balaban J connectivity index is 1.41. The lowest BCUT2D eigenvalue weighted by atomic mass is 9.96. The highest BCUT2D eigenvalue weighted by Gasteiger charge is 2.19. The first-order valence-corrected chi connectivity index (χ1v) is 13.7. The van der Waals surface area contributed by atoms with Crippen LogP contribution < -0.4 is 14.4 Å². The zero-order valence-corrected chi connectivity index (χ0v) is 23.4. The molecule has 0 fully saturated rings. The third kappa shape index (κ3) is 5.02. The van der Waals surface area contributed by atoms with E-state index in [0.29, 0.717) is 27.8 Å². The quantitative estimate of drug-likeness (QED) is 0.195. The number of aromatic nitrogens is 2. The summed E-state index contributed by atoms with van der Waals surface area (Å²) in [5.41, 5.74) is 6.31. The molecular weight excluding hydrogens is 553 g/mol. The summed E-state index contributed by atoms with van der Waals surface area (Å²) in [6.45, 7) is 0. The highest BCUT2D eigenvalue weighted by atomic mass is 32.1. The molecule has 0 saturated carbocycles. The lowest BCUT2D eigenvalue weighted by Gasteiger charge is -2.26. The molecule has 1 N–H and O–H groups in total. The number of halogens is 1. The zero-order chi connectivity index (χ0) is 29.2. The minimum atomic E-state index is -0.992. The van der Waals surface area contributed by atoms with E-state index in [2.05, 4.69) is 8.75 Å². The van der Waals surface area contributed by atoms with Gasteiger partial charge < -0.3 is 19.5 Å². The number of carboxylic acids is 1. The molecule has 0 saturated heterocycles. The van der Waals surface area contributed by atoms with Crippen molar-refractivity contribution in [3.05, 3.63) is 115 Å². The van der Waals surface area contributed by atoms with Crippen LogP contribution in [0.2, 0.25) is 0 Å². The minimum Gasteiger partial charge on any atom is -0.497 e. The molecule has 0 atom stereocenters. The topological polar surface area (TPSA) is 84.8 Å². The Hall–Kier alpha value is -5.28. The van der Waals surface area contributed by atoms with Gasteiger partial charge in [0.25, 0.3) is 0 Å². The Morgan fingerprint density at radius 3 is 1.71 bits per heavy atom. The molecule has 0 aliphatic rings. The van der Waals surface area contributed by atoms with Crippen LogP contribution in [0.1, 0.15) is 10.4 Å². The molecule has 0 aliphatic heterocycles.